The van der Waals surface area contributed by atoms with Gasteiger partial charge in [0.05, 0.1) is 17.2 Å². The van der Waals surface area contributed by atoms with Crippen molar-refractivity contribution in [2.24, 2.45) is 0 Å². The molecular weight excluding hydrogens is 400 g/mol. The van der Waals surface area contributed by atoms with Gasteiger partial charge in [-0.25, -0.2) is 4.39 Å². The van der Waals surface area contributed by atoms with Crippen molar-refractivity contribution in [3.63, 3.8) is 0 Å². The Morgan fingerprint density at radius 3 is 2.47 bits per heavy atom. The molecule has 1 aromatic heterocycles. The van der Waals surface area contributed by atoms with Gasteiger partial charge in [0.15, 0.2) is 0 Å². The van der Waals surface area contributed by atoms with Crippen LogP contribution in [0.2, 0.25) is 0 Å². The zero-order chi connectivity index (χ0) is 21.6. The van der Waals surface area contributed by atoms with E-state index in [4.69, 9.17) is 0 Å². The molecule has 1 unspecified atom stereocenters. The predicted molar refractivity (Wildman–Crippen MR) is 105 cm³/mol. The normalized spacial score (nSPS) is 17.0. The third kappa shape index (κ3) is 3.63. The smallest absolute Gasteiger partial charge is 0.391 e. The van der Waals surface area contributed by atoms with E-state index < -0.39 is 29.4 Å². The molecule has 4 rings (SSSR count). The third-order valence-corrected chi connectivity index (χ3v) is 5.30. The number of rotatable bonds is 3. The average molecular weight is 418 g/mol. The highest BCUT2D eigenvalue weighted by Gasteiger charge is 2.42. The Hall–Kier alpha value is -3.00. The molecule has 1 saturated heterocycles. The number of aliphatic hydroxyl groups excluding tert-OH is 1. The zero-order valence-corrected chi connectivity index (χ0v) is 16.0. The highest BCUT2D eigenvalue weighted by Crippen LogP contribution is 2.38. The number of carbonyl (C=O) groups is 1. The monoisotopic (exact) mass is 418 g/mol. The lowest BCUT2D eigenvalue weighted by atomic mass is 9.91. The number of nitrogens with zero attached hydrogens (tertiary/aromatic N) is 2. The highest BCUT2D eigenvalue weighted by atomic mass is 19.4. The Kier molecular flexibility index (Phi) is 4.97. The van der Waals surface area contributed by atoms with E-state index in [0.29, 0.717) is 36.1 Å². The van der Waals surface area contributed by atoms with Gasteiger partial charge < -0.3 is 10.0 Å². The zero-order valence-electron chi connectivity index (χ0n) is 16.0. The molecule has 0 spiro atoms. The number of alkyl halides is 3. The topological polar surface area (TPSA) is 53.4 Å². The van der Waals surface area contributed by atoms with Crippen LogP contribution in [0.3, 0.4) is 0 Å². The SMILES string of the molecule is Cc1nc2ccc(N3CCC(O)C3)cc2c(-c2ccc(F)cc2)c1C(=O)C(F)(F)F. The molecular formula is C22H18F4N2O2. The number of aliphatic hydroxyl groups is 1. The minimum absolute atomic E-state index is 0.0477. The van der Waals surface area contributed by atoms with Crippen LogP contribution in [0.4, 0.5) is 23.2 Å². The van der Waals surface area contributed by atoms with Crippen LogP contribution in [0, 0.1) is 12.7 Å². The summed E-state index contributed by atoms with van der Waals surface area (Å²) in [6.07, 6.45) is -4.96. The second kappa shape index (κ2) is 7.36. The van der Waals surface area contributed by atoms with Crippen LogP contribution in [0.15, 0.2) is 42.5 Å². The number of Topliss-reactive ketones (excluding diaryl/α,β-unsaturated/α-hetero) is 1. The van der Waals surface area contributed by atoms with Crippen LogP contribution >= 0.6 is 0 Å². The van der Waals surface area contributed by atoms with E-state index in [0.717, 1.165) is 12.1 Å². The van der Waals surface area contributed by atoms with Crippen LogP contribution in [0.5, 0.6) is 0 Å². The first-order valence-corrected chi connectivity index (χ1v) is 9.40. The number of pyridine rings is 1. The molecule has 2 aromatic carbocycles. The minimum atomic E-state index is -5.08. The van der Waals surface area contributed by atoms with Crippen molar-refractivity contribution in [3.05, 3.63) is 59.5 Å². The second-order valence-corrected chi connectivity index (χ2v) is 7.37. The molecule has 2 heterocycles. The number of aryl methyl sites for hydroxylation is 1. The number of benzene rings is 2. The molecule has 4 nitrogen and oxygen atoms in total. The number of halogens is 4. The van der Waals surface area contributed by atoms with Crippen molar-refractivity contribution >= 4 is 22.4 Å². The molecule has 156 valence electrons. The number of hydrogen-bond donors (Lipinski definition) is 1. The van der Waals surface area contributed by atoms with Crippen molar-refractivity contribution < 1.29 is 27.5 Å². The highest BCUT2D eigenvalue weighted by molar-refractivity contribution is 6.13. The van der Waals surface area contributed by atoms with Gasteiger partial charge in [0.1, 0.15) is 5.82 Å². The third-order valence-electron chi connectivity index (χ3n) is 5.30. The largest absolute Gasteiger partial charge is 0.454 e. The Bertz CT molecular complexity index is 1130. The van der Waals surface area contributed by atoms with E-state index in [1.54, 1.807) is 18.2 Å². The summed E-state index contributed by atoms with van der Waals surface area (Å²) in [5, 5.41) is 10.2. The molecule has 30 heavy (non-hydrogen) atoms. The number of carbonyl (C=O) groups excluding carboxylic acids is 1. The number of ketones is 1. The molecule has 1 atom stereocenters. The first-order chi connectivity index (χ1) is 14.1. The molecule has 0 bridgehead atoms. The molecule has 1 fully saturated rings. The maximum absolute atomic E-state index is 13.5. The molecule has 8 heteroatoms. The van der Waals surface area contributed by atoms with Gasteiger partial charge in [0.2, 0.25) is 0 Å². The molecule has 0 saturated carbocycles. The summed E-state index contributed by atoms with van der Waals surface area (Å²) in [5.74, 6) is -2.53. The van der Waals surface area contributed by atoms with Gasteiger partial charge in [-0.2, -0.15) is 13.2 Å². The van der Waals surface area contributed by atoms with Crippen molar-refractivity contribution in [2.45, 2.75) is 25.6 Å². The summed E-state index contributed by atoms with van der Waals surface area (Å²) in [7, 11) is 0. The summed E-state index contributed by atoms with van der Waals surface area (Å²) in [5.41, 5.74) is 0.903. The summed E-state index contributed by atoms with van der Waals surface area (Å²) in [6.45, 7) is 2.37. The minimum Gasteiger partial charge on any atom is -0.391 e. The first kappa shape index (κ1) is 20.3. The Morgan fingerprint density at radius 2 is 1.87 bits per heavy atom. The Morgan fingerprint density at radius 1 is 1.17 bits per heavy atom. The summed E-state index contributed by atoms with van der Waals surface area (Å²) in [4.78, 5) is 18.4. The van der Waals surface area contributed by atoms with Gasteiger partial charge in [-0.3, -0.25) is 9.78 Å². The van der Waals surface area contributed by atoms with Crippen LogP contribution in [-0.4, -0.2) is 41.2 Å². The molecule has 1 aliphatic heterocycles. The molecule has 0 aliphatic carbocycles. The maximum Gasteiger partial charge on any atom is 0.454 e. The number of hydrogen-bond acceptors (Lipinski definition) is 4. The Labute approximate surface area is 169 Å². The van der Waals surface area contributed by atoms with Gasteiger partial charge in [0, 0.05) is 35.4 Å². The summed E-state index contributed by atoms with van der Waals surface area (Å²) in [6, 6.07) is 10.1. The summed E-state index contributed by atoms with van der Waals surface area (Å²) < 4.78 is 53.6. The van der Waals surface area contributed by atoms with Crippen molar-refractivity contribution in [1.29, 1.82) is 0 Å². The first-order valence-electron chi connectivity index (χ1n) is 9.40. The Balaban J connectivity index is 2.01. The van der Waals surface area contributed by atoms with E-state index >= 15 is 0 Å². The molecule has 0 amide bonds. The fourth-order valence-corrected chi connectivity index (χ4v) is 3.88. The van der Waals surface area contributed by atoms with Crippen molar-refractivity contribution in [1.82, 2.24) is 4.98 Å². The number of anilines is 1. The van der Waals surface area contributed by atoms with Gasteiger partial charge in [0.25, 0.3) is 5.78 Å². The van der Waals surface area contributed by atoms with Gasteiger partial charge >= 0.3 is 6.18 Å². The van der Waals surface area contributed by atoms with E-state index in [1.807, 2.05) is 4.90 Å². The predicted octanol–water partition coefficient (Wildman–Crippen LogP) is 4.67. The van der Waals surface area contributed by atoms with Crippen molar-refractivity contribution in [2.75, 3.05) is 18.0 Å². The van der Waals surface area contributed by atoms with Gasteiger partial charge in [-0.05, 0) is 49.2 Å². The number of fused-ring (bicyclic) bond motifs is 1. The van der Waals surface area contributed by atoms with Crippen LogP contribution in [-0.2, 0) is 0 Å². The lowest BCUT2D eigenvalue weighted by molar-refractivity contribution is -0.0885. The second-order valence-electron chi connectivity index (χ2n) is 7.37. The van der Waals surface area contributed by atoms with Crippen LogP contribution in [0.1, 0.15) is 22.5 Å². The molecule has 1 aliphatic rings. The average Bonchev–Trinajstić information content (AvgIpc) is 3.12. The molecule has 1 N–H and O–H groups in total. The standard InChI is InChI=1S/C22H18F4N2O2/c1-12-19(21(30)22(24,25)26)20(13-2-4-14(23)5-3-13)17-10-15(6-7-18(17)27-12)28-9-8-16(29)11-28/h2-7,10,16,29H,8-9,11H2,1H3. The lowest BCUT2D eigenvalue weighted by Gasteiger charge is -2.21. The van der Waals surface area contributed by atoms with E-state index in [-0.39, 0.29) is 16.8 Å². The molecule has 3 aromatic rings. The lowest BCUT2D eigenvalue weighted by Crippen LogP contribution is -2.25. The van der Waals surface area contributed by atoms with E-state index in [2.05, 4.69) is 4.98 Å². The fourth-order valence-electron chi connectivity index (χ4n) is 3.88. The van der Waals surface area contributed by atoms with Crippen LogP contribution in [0.25, 0.3) is 22.0 Å². The number of aromatic nitrogens is 1. The molecule has 0 radical (unpaired) electrons. The van der Waals surface area contributed by atoms with E-state index in [1.165, 1.54) is 19.1 Å². The van der Waals surface area contributed by atoms with Gasteiger partial charge in [-0.1, -0.05) is 12.1 Å². The fraction of sp³-hybridized carbons (Fsp3) is 0.273. The van der Waals surface area contributed by atoms with Crippen LogP contribution < -0.4 is 4.90 Å². The van der Waals surface area contributed by atoms with E-state index in [9.17, 15) is 27.5 Å². The quantitative estimate of drug-likeness (QED) is 0.496. The number of β-amino-alcohol motifs (C(OH)–C–C–N with tert-alkyl or cyclic N) is 1. The van der Waals surface area contributed by atoms with Gasteiger partial charge in [-0.15, -0.1) is 0 Å². The van der Waals surface area contributed by atoms with Crippen molar-refractivity contribution in [3.8, 4) is 11.1 Å². The maximum atomic E-state index is 13.5. The summed E-state index contributed by atoms with van der Waals surface area (Å²) >= 11 is 0.